The van der Waals surface area contributed by atoms with Gasteiger partial charge in [0.05, 0.1) is 5.69 Å². The Morgan fingerprint density at radius 1 is 1.00 bits per heavy atom. The van der Waals surface area contributed by atoms with E-state index < -0.39 is 6.10 Å². The minimum absolute atomic E-state index is 0.176. The molecular weight excluding hydrogens is 460 g/mol. The van der Waals surface area contributed by atoms with Gasteiger partial charge < -0.3 is 19.5 Å². The molecule has 10 nitrogen and oxygen atoms in total. The van der Waals surface area contributed by atoms with Gasteiger partial charge in [-0.05, 0) is 55.5 Å². The summed E-state index contributed by atoms with van der Waals surface area (Å²) < 4.78 is 18.2. The Morgan fingerprint density at radius 3 is 2.78 bits per heavy atom. The molecule has 1 unspecified atom stereocenters. The second-order valence-corrected chi connectivity index (χ2v) is 8.10. The quantitative estimate of drug-likeness (QED) is 0.388. The molecule has 1 atom stereocenters. The van der Waals surface area contributed by atoms with Crippen LogP contribution >= 0.6 is 0 Å². The number of hydrogen-bond donors (Lipinski definition) is 1. The first-order valence-electron chi connectivity index (χ1n) is 11.2. The number of ether oxygens (including phenoxy) is 3. The van der Waals surface area contributed by atoms with Crippen LogP contribution in [0.4, 0.5) is 5.69 Å². The van der Waals surface area contributed by atoms with Gasteiger partial charge in [0, 0.05) is 35.3 Å². The molecule has 0 aliphatic carbocycles. The lowest BCUT2D eigenvalue weighted by Crippen LogP contribution is -2.30. The van der Waals surface area contributed by atoms with Crippen LogP contribution < -0.4 is 19.5 Å². The Morgan fingerprint density at radius 2 is 1.89 bits per heavy atom. The third kappa shape index (κ3) is 4.16. The smallest absolute Gasteiger partial charge is 0.265 e. The molecular formula is C26H20N6O4. The van der Waals surface area contributed by atoms with Gasteiger partial charge in [-0.1, -0.05) is 12.1 Å². The van der Waals surface area contributed by atoms with Gasteiger partial charge >= 0.3 is 0 Å². The van der Waals surface area contributed by atoms with Crippen LogP contribution in [0.2, 0.25) is 0 Å². The van der Waals surface area contributed by atoms with E-state index >= 15 is 0 Å². The first-order valence-corrected chi connectivity index (χ1v) is 11.2. The van der Waals surface area contributed by atoms with Crippen LogP contribution in [0.5, 0.6) is 17.2 Å². The Hall–Kier alpha value is -4.99. The van der Waals surface area contributed by atoms with E-state index in [1.165, 1.54) is 0 Å². The van der Waals surface area contributed by atoms with Crippen molar-refractivity contribution in [2.75, 3.05) is 12.1 Å². The van der Waals surface area contributed by atoms with Crippen molar-refractivity contribution < 1.29 is 19.0 Å². The maximum atomic E-state index is 12.8. The van der Waals surface area contributed by atoms with Crippen molar-refractivity contribution in [3.63, 3.8) is 0 Å². The summed E-state index contributed by atoms with van der Waals surface area (Å²) in [5, 5.41) is 16.1. The Labute approximate surface area is 205 Å². The summed E-state index contributed by atoms with van der Waals surface area (Å²) in [5.41, 5.74) is 3.58. The third-order valence-corrected chi connectivity index (χ3v) is 5.63. The second-order valence-electron chi connectivity index (χ2n) is 8.10. The zero-order chi connectivity index (χ0) is 24.5. The molecule has 0 saturated carbocycles. The molecule has 178 valence electrons. The lowest BCUT2D eigenvalue weighted by molar-refractivity contribution is -0.122. The maximum absolute atomic E-state index is 12.8. The topological polar surface area (TPSA) is 113 Å². The molecule has 5 aromatic rings. The molecule has 36 heavy (non-hydrogen) atoms. The molecule has 1 aliphatic rings. The average Bonchev–Trinajstić information content (AvgIpc) is 3.55. The summed E-state index contributed by atoms with van der Waals surface area (Å²) in [6.07, 6.45) is 2.68. The number of nitrogens with one attached hydrogen (secondary N) is 1. The predicted molar refractivity (Wildman–Crippen MR) is 131 cm³/mol. The molecule has 0 spiro atoms. The van der Waals surface area contributed by atoms with Crippen LogP contribution in [0.1, 0.15) is 6.92 Å². The molecule has 0 saturated heterocycles. The highest BCUT2D eigenvalue weighted by Gasteiger charge is 2.19. The van der Waals surface area contributed by atoms with Crippen molar-refractivity contribution in [1.82, 2.24) is 24.8 Å². The van der Waals surface area contributed by atoms with Crippen LogP contribution in [0, 0.1) is 0 Å². The molecule has 0 bridgehead atoms. The Balaban J connectivity index is 1.20. The molecule has 10 heteroatoms. The molecule has 1 aliphatic heterocycles. The summed E-state index contributed by atoms with van der Waals surface area (Å²) in [4.78, 5) is 17.0. The fourth-order valence-electron chi connectivity index (χ4n) is 3.83. The van der Waals surface area contributed by atoms with Crippen molar-refractivity contribution in [1.29, 1.82) is 0 Å². The summed E-state index contributed by atoms with van der Waals surface area (Å²) >= 11 is 0. The number of carbonyl (C=O) groups is 1. The Kier molecular flexibility index (Phi) is 5.38. The van der Waals surface area contributed by atoms with Gasteiger partial charge in [0.25, 0.3) is 5.91 Å². The fraction of sp³-hybridized carbons (Fsp3) is 0.115. The number of nitrogens with zero attached hydrogens (tertiary/aromatic N) is 5. The second kappa shape index (κ2) is 8.99. The van der Waals surface area contributed by atoms with E-state index in [9.17, 15) is 4.79 Å². The Bertz CT molecular complexity index is 1570. The first-order chi connectivity index (χ1) is 17.6. The zero-order valence-electron chi connectivity index (χ0n) is 19.2. The summed E-state index contributed by atoms with van der Waals surface area (Å²) in [7, 11) is 0. The van der Waals surface area contributed by atoms with E-state index in [-0.39, 0.29) is 12.7 Å². The lowest BCUT2D eigenvalue weighted by atomic mass is 10.1. The number of amides is 1. The summed E-state index contributed by atoms with van der Waals surface area (Å²) in [6.45, 7) is 1.86. The minimum atomic E-state index is -0.734. The van der Waals surface area contributed by atoms with Crippen molar-refractivity contribution in [2.24, 2.45) is 0 Å². The lowest BCUT2D eigenvalue weighted by Gasteiger charge is -2.15. The minimum Gasteiger partial charge on any atom is -0.481 e. The van der Waals surface area contributed by atoms with Crippen LogP contribution in [0.15, 0.2) is 79.1 Å². The molecule has 0 radical (unpaired) electrons. The molecule has 2 aromatic carbocycles. The van der Waals surface area contributed by atoms with E-state index in [1.807, 2.05) is 48.5 Å². The van der Waals surface area contributed by atoms with E-state index in [0.29, 0.717) is 40.1 Å². The number of pyridine rings is 1. The number of hydrogen-bond acceptors (Lipinski definition) is 8. The van der Waals surface area contributed by atoms with E-state index in [2.05, 4.69) is 20.5 Å². The fourth-order valence-corrected chi connectivity index (χ4v) is 3.83. The van der Waals surface area contributed by atoms with Gasteiger partial charge in [0.1, 0.15) is 5.75 Å². The van der Waals surface area contributed by atoms with E-state index in [4.69, 9.17) is 19.3 Å². The summed E-state index contributed by atoms with van der Waals surface area (Å²) in [6, 6.07) is 20.1. The number of carbonyl (C=O) groups excluding carboxylic acids is 1. The van der Waals surface area contributed by atoms with Gasteiger partial charge in [0.15, 0.2) is 29.1 Å². The average molecular weight is 480 g/mol. The molecule has 1 N–H and O–H groups in total. The summed E-state index contributed by atoms with van der Waals surface area (Å²) in [5.74, 6) is 2.08. The molecule has 1 amide bonds. The maximum Gasteiger partial charge on any atom is 0.265 e. The van der Waals surface area contributed by atoms with Crippen LogP contribution in [-0.4, -0.2) is 43.6 Å². The number of rotatable bonds is 6. The van der Waals surface area contributed by atoms with Gasteiger partial charge in [-0.15, -0.1) is 10.2 Å². The predicted octanol–water partition coefficient (Wildman–Crippen LogP) is 3.99. The van der Waals surface area contributed by atoms with E-state index in [1.54, 1.807) is 42.0 Å². The SMILES string of the molecule is CC(Oc1ccc2c(c1)OCO2)C(=O)Nc1cccc(-c2ccc3nnc(-c4cccnc4)n3n2)c1. The highest BCUT2D eigenvalue weighted by Crippen LogP contribution is 2.35. The molecule has 4 heterocycles. The number of aromatic nitrogens is 5. The number of anilines is 1. The van der Waals surface area contributed by atoms with Gasteiger partial charge in [0.2, 0.25) is 6.79 Å². The van der Waals surface area contributed by atoms with Crippen LogP contribution in [-0.2, 0) is 4.79 Å². The van der Waals surface area contributed by atoms with Crippen molar-refractivity contribution in [3.8, 4) is 39.9 Å². The zero-order valence-corrected chi connectivity index (χ0v) is 19.2. The first kappa shape index (κ1) is 21.5. The highest BCUT2D eigenvalue weighted by atomic mass is 16.7. The van der Waals surface area contributed by atoms with Crippen molar-refractivity contribution in [3.05, 3.63) is 79.1 Å². The third-order valence-electron chi connectivity index (χ3n) is 5.63. The van der Waals surface area contributed by atoms with Crippen LogP contribution in [0.25, 0.3) is 28.3 Å². The molecule has 3 aromatic heterocycles. The highest BCUT2D eigenvalue weighted by molar-refractivity contribution is 5.94. The van der Waals surface area contributed by atoms with E-state index in [0.717, 1.165) is 11.1 Å². The number of benzene rings is 2. The standard InChI is InChI=1S/C26H20N6O4/c1-16(36-20-7-9-22-23(13-20)35-15-34-22)26(33)28-19-6-2-4-17(12-19)21-8-10-24-29-30-25(32(24)31-21)18-5-3-11-27-14-18/h2-14,16H,15H2,1H3,(H,28,33). The van der Waals surface area contributed by atoms with Crippen molar-refractivity contribution >= 4 is 17.2 Å². The van der Waals surface area contributed by atoms with Gasteiger partial charge in [-0.3, -0.25) is 9.78 Å². The van der Waals surface area contributed by atoms with Gasteiger partial charge in [-0.25, -0.2) is 0 Å². The molecule has 6 rings (SSSR count). The normalized spacial score (nSPS) is 12.9. The largest absolute Gasteiger partial charge is 0.481 e. The van der Waals surface area contributed by atoms with Crippen molar-refractivity contribution in [2.45, 2.75) is 13.0 Å². The van der Waals surface area contributed by atoms with Gasteiger partial charge in [-0.2, -0.15) is 9.61 Å². The monoisotopic (exact) mass is 480 g/mol. The number of fused-ring (bicyclic) bond motifs is 2. The van der Waals surface area contributed by atoms with Crippen LogP contribution in [0.3, 0.4) is 0 Å². The molecule has 0 fully saturated rings.